The molecule has 0 aromatic carbocycles. The molecule has 30 heavy (non-hydrogen) atoms. The lowest BCUT2D eigenvalue weighted by atomic mass is 9.83. The highest BCUT2D eigenvalue weighted by molar-refractivity contribution is 5.94. The van der Waals surface area contributed by atoms with E-state index in [9.17, 15) is 9.59 Å². The van der Waals surface area contributed by atoms with Crippen LogP contribution < -0.4 is 10.5 Å². The Labute approximate surface area is 175 Å². The molecule has 0 unspecified atom stereocenters. The first-order valence-corrected chi connectivity index (χ1v) is 11.2. The molecule has 4 atom stereocenters. The molecule has 5 heterocycles. The van der Waals surface area contributed by atoms with Crippen molar-refractivity contribution in [3.05, 3.63) is 52.3 Å². The predicted molar refractivity (Wildman–Crippen MR) is 113 cm³/mol. The minimum Gasteiger partial charge on any atom is -0.354 e. The van der Waals surface area contributed by atoms with Crippen LogP contribution in [0.2, 0.25) is 0 Å². The second kappa shape index (κ2) is 6.93. The second-order valence-electron chi connectivity index (χ2n) is 9.52. The molecule has 7 heteroatoms. The van der Waals surface area contributed by atoms with Gasteiger partial charge in [-0.05, 0) is 49.1 Å². The summed E-state index contributed by atoms with van der Waals surface area (Å²) >= 11 is 0. The fourth-order valence-electron chi connectivity index (χ4n) is 6.32. The van der Waals surface area contributed by atoms with Crippen molar-refractivity contribution < 1.29 is 4.79 Å². The van der Waals surface area contributed by atoms with E-state index >= 15 is 0 Å². The standard InChI is InChI=1S/C23H27N5O2/c29-22(27-12-16-2-1-3-17(16)13-27)19-4-5-20-18-8-15(11-28(20)23(19)30)10-26(14-18)21-9-24-6-7-25-21/h4-7,9,15-18H,1-3,8,10-14H2/t15-,16-,17+,18+/m0/s1. The van der Waals surface area contributed by atoms with Crippen molar-refractivity contribution in [2.24, 2.45) is 17.8 Å². The van der Waals surface area contributed by atoms with Gasteiger partial charge in [0.25, 0.3) is 11.5 Å². The SMILES string of the molecule is O=C(c1ccc2n(c1=O)C[C@H]1C[C@@H]2CN(c2cnccn2)C1)N1C[C@H]2CCC[C@H]2C1. The van der Waals surface area contributed by atoms with Crippen LogP contribution in [0.4, 0.5) is 5.82 Å². The van der Waals surface area contributed by atoms with Crippen molar-refractivity contribution in [2.75, 3.05) is 31.1 Å². The van der Waals surface area contributed by atoms with Gasteiger partial charge in [-0.25, -0.2) is 4.98 Å². The minimum atomic E-state index is -0.0998. The van der Waals surface area contributed by atoms with Crippen LogP contribution in [0.5, 0.6) is 0 Å². The molecule has 4 aliphatic rings. The lowest BCUT2D eigenvalue weighted by molar-refractivity contribution is 0.0777. The molecule has 0 radical (unpaired) electrons. The van der Waals surface area contributed by atoms with Crippen LogP contribution in [0.1, 0.15) is 47.7 Å². The van der Waals surface area contributed by atoms with Gasteiger partial charge in [-0.1, -0.05) is 6.42 Å². The van der Waals surface area contributed by atoms with E-state index < -0.39 is 0 Å². The summed E-state index contributed by atoms with van der Waals surface area (Å²) in [4.78, 5) is 39.3. The summed E-state index contributed by atoms with van der Waals surface area (Å²) in [5, 5.41) is 0. The maximum Gasteiger partial charge on any atom is 0.263 e. The number of hydrogen-bond acceptors (Lipinski definition) is 5. The molecule has 3 aliphatic heterocycles. The third kappa shape index (κ3) is 2.86. The van der Waals surface area contributed by atoms with Gasteiger partial charge in [0.1, 0.15) is 11.4 Å². The Hall–Kier alpha value is -2.70. The maximum atomic E-state index is 13.3. The number of pyridine rings is 1. The van der Waals surface area contributed by atoms with Gasteiger partial charge in [-0.3, -0.25) is 14.6 Å². The summed E-state index contributed by atoms with van der Waals surface area (Å²) in [5.41, 5.74) is 1.31. The lowest BCUT2D eigenvalue weighted by Crippen LogP contribution is -2.48. The average molecular weight is 406 g/mol. The fourth-order valence-corrected chi connectivity index (χ4v) is 6.32. The fraction of sp³-hybridized carbons (Fsp3) is 0.565. The molecule has 156 valence electrons. The van der Waals surface area contributed by atoms with E-state index in [0.717, 1.165) is 44.1 Å². The van der Waals surface area contributed by atoms with E-state index in [0.29, 0.717) is 29.9 Å². The monoisotopic (exact) mass is 405 g/mol. The number of piperidine rings is 1. The number of fused-ring (bicyclic) bond motifs is 5. The number of anilines is 1. The molecule has 0 N–H and O–H groups in total. The van der Waals surface area contributed by atoms with Crippen molar-refractivity contribution in [3.63, 3.8) is 0 Å². The largest absolute Gasteiger partial charge is 0.354 e. The van der Waals surface area contributed by atoms with E-state index in [4.69, 9.17) is 0 Å². The Morgan fingerprint density at radius 3 is 2.60 bits per heavy atom. The van der Waals surface area contributed by atoms with Crippen molar-refractivity contribution in [2.45, 2.75) is 38.1 Å². The molecule has 1 saturated carbocycles. The van der Waals surface area contributed by atoms with Gasteiger partial charge in [0.05, 0.1) is 6.20 Å². The molecule has 7 nitrogen and oxygen atoms in total. The van der Waals surface area contributed by atoms with Gasteiger partial charge >= 0.3 is 0 Å². The number of amides is 1. The Bertz CT molecular complexity index is 1020. The molecule has 6 rings (SSSR count). The van der Waals surface area contributed by atoms with Crippen molar-refractivity contribution in [3.8, 4) is 0 Å². The van der Waals surface area contributed by atoms with Gasteiger partial charge in [-0.15, -0.1) is 0 Å². The molecule has 1 aliphatic carbocycles. The Morgan fingerprint density at radius 2 is 1.83 bits per heavy atom. The van der Waals surface area contributed by atoms with Gasteiger partial charge in [0.2, 0.25) is 0 Å². The first-order chi connectivity index (χ1) is 14.7. The van der Waals surface area contributed by atoms with Gasteiger partial charge in [0, 0.05) is 56.7 Å². The van der Waals surface area contributed by atoms with Crippen LogP contribution in [0.25, 0.3) is 0 Å². The highest BCUT2D eigenvalue weighted by atomic mass is 16.2. The summed E-state index contributed by atoms with van der Waals surface area (Å²) < 4.78 is 1.89. The van der Waals surface area contributed by atoms with Crippen molar-refractivity contribution in [1.29, 1.82) is 0 Å². The minimum absolute atomic E-state index is 0.0679. The number of carbonyl (C=O) groups is 1. The van der Waals surface area contributed by atoms with Crippen LogP contribution in [0, 0.1) is 17.8 Å². The normalized spacial score (nSPS) is 29.6. The molecule has 3 fully saturated rings. The summed E-state index contributed by atoms with van der Waals surface area (Å²) in [6, 6.07) is 3.80. The highest BCUT2D eigenvalue weighted by Gasteiger charge is 2.40. The van der Waals surface area contributed by atoms with Crippen LogP contribution in [-0.2, 0) is 6.54 Å². The maximum absolute atomic E-state index is 13.3. The van der Waals surface area contributed by atoms with Crippen LogP contribution >= 0.6 is 0 Å². The predicted octanol–water partition coefficient (Wildman–Crippen LogP) is 2.13. The van der Waals surface area contributed by atoms with Gasteiger partial charge in [0.15, 0.2) is 0 Å². The molecule has 2 saturated heterocycles. The molecular weight excluding hydrogens is 378 g/mol. The number of nitrogens with zero attached hydrogens (tertiary/aromatic N) is 5. The molecule has 2 aromatic rings. The van der Waals surface area contributed by atoms with E-state index in [1.807, 2.05) is 15.5 Å². The third-order valence-corrected chi connectivity index (χ3v) is 7.72. The molecular formula is C23H27N5O2. The number of carbonyl (C=O) groups excluding carboxylic acids is 1. The molecule has 0 spiro atoms. The molecule has 1 amide bonds. The number of likely N-dealkylation sites (tertiary alicyclic amines) is 1. The van der Waals surface area contributed by atoms with E-state index in [2.05, 4.69) is 14.9 Å². The quantitative estimate of drug-likeness (QED) is 0.766. The number of aromatic nitrogens is 3. The Kier molecular flexibility index (Phi) is 4.18. The summed E-state index contributed by atoms with van der Waals surface area (Å²) in [5.74, 6) is 2.77. The average Bonchev–Trinajstić information content (AvgIpc) is 3.37. The zero-order valence-electron chi connectivity index (χ0n) is 17.1. The first kappa shape index (κ1) is 18.1. The Morgan fingerprint density at radius 1 is 1.00 bits per heavy atom. The number of hydrogen-bond donors (Lipinski definition) is 0. The van der Waals surface area contributed by atoms with Crippen LogP contribution in [0.15, 0.2) is 35.5 Å². The van der Waals surface area contributed by atoms with Crippen molar-refractivity contribution >= 4 is 11.7 Å². The second-order valence-corrected chi connectivity index (χ2v) is 9.52. The zero-order chi connectivity index (χ0) is 20.2. The van der Waals surface area contributed by atoms with E-state index in [1.54, 1.807) is 24.7 Å². The van der Waals surface area contributed by atoms with E-state index in [-0.39, 0.29) is 17.4 Å². The summed E-state index contributed by atoms with van der Waals surface area (Å²) in [7, 11) is 0. The molecule has 2 aromatic heterocycles. The smallest absolute Gasteiger partial charge is 0.263 e. The number of rotatable bonds is 2. The van der Waals surface area contributed by atoms with Crippen molar-refractivity contribution in [1.82, 2.24) is 19.4 Å². The first-order valence-electron chi connectivity index (χ1n) is 11.2. The van der Waals surface area contributed by atoms with Gasteiger partial charge in [-0.2, -0.15) is 0 Å². The summed E-state index contributed by atoms with van der Waals surface area (Å²) in [6.07, 6.45) is 10.0. The topological polar surface area (TPSA) is 71.3 Å². The molecule has 2 bridgehead atoms. The summed E-state index contributed by atoms with van der Waals surface area (Å²) in [6.45, 7) is 4.02. The third-order valence-electron chi connectivity index (χ3n) is 7.72. The Balaban J connectivity index is 1.27. The highest BCUT2D eigenvalue weighted by Crippen LogP contribution is 2.39. The van der Waals surface area contributed by atoms with Crippen LogP contribution in [0.3, 0.4) is 0 Å². The van der Waals surface area contributed by atoms with Gasteiger partial charge < -0.3 is 14.4 Å². The zero-order valence-corrected chi connectivity index (χ0v) is 17.1. The van der Waals surface area contributed by atoms with E-state index in [1.165, 1.54) is 19.3 Å². The van der Waals surface area contributed by atoms with Crippen LogP contribution in [-0.4, -0.2) is 51.5 Å². The lowest BCUT2D eigenvalue weighted by Gasteiger charge is -2.43.